The summed E-state index contributed by atoms with van der Waals surface area (Å²) in [7, 11) is 2.13. The van der Waals surface area contributed by atoms with Crippen molar-refractivity contribution in [3.8, 4) is 11.5 Å². The van der Waals surface area contributed by atoms with Gasteiger partial charge in [0, 0.05) is 25.7 Å². The van der Waals surface area contributed by atoms with E-state index in [0.29, 0.717) is 19.3 Å². The number of likely N-dealkylation sites (N-methyl/N-ethyl adjacent to an activating group) is 1. The van der Waals surface area contributed by atoms with Gasteiger partial charge in [-0.15, -0.1) is 0 Å². The normalized spacial score (nSPS) is 23.8. The molecule has 6 heteroatoms. The summed E-state index contributed by atoms with van der Waals surface area (Å²) in [4.78, 5) is 17.3. The van der Waals surface area contributed by atoms with Gasteiger partial charge in [-0.2, -0.15) is 0 Å². The number of carbonyl (C=O) groups excluding carboxylic acids is 1. The Hall–Kier alpha value is -1.79. The average molecular weight is 347 g/mol. The van der Waals surface area contributed by atoms with E-state index in [1.165, 1.54) is 0 Å². The number of benzene rings is 1. The summed E-state index contributed by atoms with van der Waals surface area (Å²) in [5, 5.41) is 3.14. The van der Waals surface area contributed by atoms with Crippen LogP contribution in [-0.4, -0.2) is 67.7 Å². The van der Waals surface area contributed by atoms with E-state index in [0.717, 1.165) is 36.7 Å². The molecule has 1 fully saturated rings. The van der Waals surface area contributed by atoms with Crippen LogP contribution in [0.1, 0.15) is 32.4 Å². The Morgan fingerprint density at radius 1 is 1.20 bits per heavy atom. The molecule has 3 rings (SSSR count). The third-order valence-electron chi connectivity index (χ3n) is 5.18. The van der Waals surface area contributed by atoms with Crippen LogP contribution in [0.25, 0.3) is 0 Å². The Bertz CT molecular complexity index is 622. The summed E-state index contributed by atoms with van der Waals surface area (Å²) in [5.74, 6) is 1.59. The van der Waals surface area contributed by atoms with Crippen molar-refractivity contribution in [2.24, 2.45) is 0 Å². The summed E-state index contributed by atoms with van der Waals surface area (Å²) in [6, 6.07) is 6.03. The molecule has 3 atom stereocenters. The molecule has 2 aliphatic rings. The molecule has 25 heavy (non-hydrogen) atoms. The molecule has 0 aromatic heterocycles. The lowest BCUT2D eigenvalue weighted by atomic mass is 10.1. The number of hydrogen-bond donors (Lipinski definition) is 1. The Balaban J connectivity index is 1.62. The molecule has 6 nitrogen and oxygen atoms in total. The van der Waals surface area contributed by atoms with Gasteiger partial charge in [0.15, 0.2) is 11.5 Å². The molecule has 0 unspecified atom stereocenters. The highest BCUT2D eigenvalue weighted by atomic mass is 16.6. The lowest BCUT2D eigenvalue weighted by molar-refractivity contribution is -0.128. The van der Waals surface area contributed by atoms with Crippen molar-refractivity contribution in [3.63, 3.8) is 0 Å². The molecule has 1 saturated heterocycles. The molecule has 0 spiro atoms. The quantitative estimate of drug-likeness (QED) is 0.898. The van der Waals surface area contributed by atoms with E-state index in [1.54, 1.807) is 0 Å². The molecule has 1 N–H and O–H groups in total. The lowest BCUT2D eigenvalue weighted by Gasteiger charge is -2.41. The first-order chi connectivity index (χ1) is 12.0. The van der Waals surface area contributed by atoms with Crippen LogP contribution in [0.4, 0.5) is 0 Å². The zero-order chi connectivity index (χ0) is 18.0. The topological polar surface area (TPSA) is 54.0 Å². The van der Waals surface area contributed by atoms with E-state index in [9.17, 15) is 4.79 Å². The molecule has 0 bridgehead atoms. The molecule has 0 saturated carbocycles. The van der Waals surface area contributed by atoms with E-state index in [4.69, 9.17) is 9.47 Å². The first kappa shape index (κ1) is 18.0. The number of ether oxygens (including phenoxy) is 2. The summed E-state index contributed by atoms with van der Waals surface area (Å²) in [6.45, 7) is 10.2. The van der Waals surface area contributed by atoms with Gasteiger partial charge in [-0.1, -0.05) is 6.07 Å². The maximum atomic E-state index is 12.7. The third-order valence-corrected chi connectivity index (χ3v) is 5.18. The van der Waals surface area contributed by atoms with Gasteiger partial charge < -0.3 is 19.7 Å². The maximum absolute atomic E-state index is 12.7. The van der Waals surface area contributed by atoms with Crippen molar-refractivity contribution in [3.05, 3.63) is 23.8 Å². The minimum absolute atomic E-state index is 0.0683. The van der Waals surface area contributed by atoms with E-state index >= 15 is 0 Å². The molecular weight excluding hydrogens is 318 g/mol. The number of nitrogens with one attached hydrogen (secondary N) is 1. The number of fused-ring (bicyclic) bond motifs is 1. The van der Waals surface area contributed by atoms with Crippen LogP contribution >= 0.6 is 0 Å². The standard InChI is InChI=1S/C19H29N3O3/c1-13-12-21(4)7-8-22(13)15(3)19(23)20-14(2)16-5-6-17-18(11-16)25-10-9-24-17/h5-6,11,13-15H,7-10,12H2,1-4H3,(H,20,23)/t13-,14-,15-/m0/s1. The summed E-state index contributed by atoms with van der Waals surface area (Å²) < 4.78 is 11.2. The number of piperazine rings is 1. The monoisotopic (exact) mass is 347 g/mol. The Kier molecular flexibility index (Phi) is 5.49. The van der Waals surface area contributed by atoms with Crippen molar-refractivity contribution < 1.29 is 14.3 Å². The Morgan fingerprint density at radius 2 is 1.92 bits per heavy atom. The zero-order valence-corrected chi connectivity index (χ0v) is 15.6. The van der Waals surface area contributed by atoms with Crippen molar-refractivity contribution in [1.82, 2.24) is 15.1 Å². The van der Waals surface area contributed by atoms with Gasteiger partial charge in [-0.05, 0) is 45.5 Å². The van der Waals surface area contributed by atoms with E-state index < -0.39 is 0 Å². The summed E-state index contributed by atoms with van der Waals surface area (Å²) in [5.41, 5.74) is 1.02. The van der Waals surface area contributed by atoms with Gasteiger partial charge >= 0.3 is 0 Å². The minimum atomic E-state index is -0.136. The molecular formula is C19H29N3O3. The number of amides is 1. The zero-order valence-electron chi connectivity index (χ0n) is 15.6. The van der Waals surface area contributed by atoms with Gasteiger partial charge in [0.2, 0.25) is 5.91 Å². The number of nitrogens with zero attached hydrogens (tertiary/aromatic N) is 2. The molecule has 1 amide bonds. The van der Waals surface area contributed by atoms with Crippen molar-refractivity contribution in [1.29, 1.82) is 0 Å². The van der Waals surface area contributed by atoms with E-state index in [2.05, 4.69) is 29.1 Å². The van der Waals surface area contributed by atoms with Gasteiger partial charge in [0.25, 0.3) is 0 Å². The van der Waals surface area contributed by atoms with E-state index in [-0.39, 0.29) is 18.0 Å². The fourth-order valence-electron chi connectivity index (χ4n) is 3.63. The largest absolute Gasteiger partial charge is 0.486 e. The predicted octanol–water partition coefficient (Wildman–Crippen LogP) is 1.66. The molecule has 0 aliphatic carbocycles. The molecule has 2 aliphatic heterocycles. The molecule has 0 radical (unpaired) electrons. The third kappa shape index (κ3) is 4.07. The first-order valence-corrected chi connectivity index (χ1v) is 9.10. The fourth-order valence-corrected chi connectivity index (χ4v) is 3.63. The Labute approximate surface area is 150 Å². The van der Waals surface area contributed by atoms with Crippen molar-refractivity contribution >= 4 is 5.91 Å². The highest BCUT2D eigenvalue weighted by molar-refractivity contribution is 5.81. The molecule has 2 heterocycles. The second-order valence-electron chi connectivity index (χ2n) is 7.16. The lowest BCUT2D eigenvalue weighted by Crippen LogP contribution is -2.57. The van der Waals surface area contributed by atoms with Crippen molar-refractivity contribution in [2.75, 3.05) is 39.9 Å². The summed E-state index contributed by atoms with van der Waals surface area (Å²) >= 11 is 0. The van der Waals surface area contributed by atoms with Crippen molar-refractivity contribution in [2.45, 2.75) is 38.9 Å². The highest BCUT2D eigenvalue weighted by Crippen LogP contribution is 2.32. The number of rotatable bonds is 4. The van der Waals surface area contributed by atoms with Crippen LogP contribution in [0.5, 0.6) is 11.5 Å². The van der Waals surface area contributed by atoms with Crippen LogP contribution in [0.2, 0.25) is 0 Å². The van der Waals surface area contributed by atoms with E-state index in [1.807, 2.05) is 32.0 Å². The molecule has 1 aromatic carbocycles. The van der Waals surface area contributed by atoms with Crippen LogP contribution in [0, 0.1) is 0 Å². The SMILES string of the molecule is C[C@H](NC(=O)[C@H](C)N1CCN(C)C[C@@H]1C)c1ccc2c(c1)OCCO2. The van der Waals surface area contributed by atoms with Gasteiger partial charge in [-0.25, -0.2) is 0 Å². The smallest absolute Gasteiger partial charge is 0.237 e. The highest BCUT2D eigenvalue weighted by Gasteiger charge is 2.30. The second-order valence-corrected chi connectivity index (χ2v) is 7.16. The average Bonchev–Trinajstić information content (AvgIpc) is 2.60. The number of carbonyl (C=O) groups is 1. The van der Waals surface area contributed by atoms with Gasteiger partial charge in [-0.3, -0.25) is 9.69 Å². The summed E-state index contributed by atoms with van der Waals surface area (Å²) in [6.07, 6.45) is 0. The fraction of sp³-hybridized carbons (Fsp3) is 0.632. The van der Waals surface area contributed by atoms with Crippen LogP contribution in [0.3, 0.4) is 0 Å². The Morgan fingerprint density at radius 3 is 2.64 bits per heavy atom. The minimum Gasteiger partial charge on any atom is -0.486 e. The number of hydrogen-bond acceptors (Lipinski definition) is 5. The van der Waals surface area contributed by atoms with Crippen LogP contribution in [0.15, 0.2) is 18.2 Å². The van der Waals surface area contributed by atoms with Crippen LogP contribution < -0.4 is 14.8 Å². The maximum Gasteiger partial charge on any atom is 0.237 e. The predicted molar refractivity (Wildman–Crippen MR) is 97.1 cm³/mol. The molecule has 1 aromatic rings. The second kappa shape index (κ2) is 7.62. The first-order valence-electron chi connectivity index (χ1n) is 9.10. The van der Waals surface area contributed by atoms with Gasteiger partial charge in [0.1, 0.15) is 13.2 Å². The van der Waals surface area contributed by atoms with Crippen LogP contribution in [-0.2, 0) is 4.79 Å². The van der Waals surface area contributed by atoms with Gasteiger partial charge in [0.05, 0.1) is 12.1 Å². The molecule has 138 valence electrons.